The Morgan fingerprint density at radius 3 is 2.78 bits per heavy atom. The summed E-state index contributed by atoms with van der Waals surface area (Å²) in [5.74, 6) is 0.0175. The minimum atomic E-state index is -0.630. The van der Waals surface area contributed by atoms with Gasteiger partial charge in [0.05, 0.1) is 22.2 Å². The lowest BCUT2D eigenvalue weighted by molar-refractivity contribution is -0.122. The van der Waals surface area contributed by atoms with Gasteiger partial charge in [-0.15, -0.1) is 0 Å². The quantitative estimate of drug-likeness (QED) is 0.822. The molecule has 1 aliphatic rings. The second-order valence-electron chi connectivity index (χ2n) is 4.94. The number of fused-ring (bicyclic) bond motifs is 1. The highest BCUT2D eigenvalue weighted by Crippen LogP contribution is 2.48. The van der Waals surface area contributed by atoms with Crippen molar-refractivity contribution in [2.45, 2.75) is 32.1 Å². The molecular weight excluding hydrogens is 248 g/mol. The summed E-state index contributed by atoms with van der Waals surface area (Å²) in [6.07, 6.45) is 0.891. The van der Waals surface area contributed by atoms with Crippen LogP contribution in [0.1, 0.15) is 30.9 Å². The molecule has 94 valence electrons. The number of hydrogen-bond donors (Lipinski definition) is 0. The minimum absolute atomic E-state index is 0.0175. The van der Waals surface area contributed by atoms with Gasteiger partial charge < -0.3 is 4.90 Å². The average molecular weight is 263 g/mol. The Morgan fingerprint density at radius 1 is 1.50 bits per heavy atom. The molecule has 0 aromatic heterocycles. The summed E-state index contributed by atoms with van der Waals surface area (Å²) in [5, 5.41) is 9.35. The van der Waals surface area contributed by atoms with E-state index >= 15 is 0 Å². The zero-order chi connectivity index (χ0) is 13.5. The summed E-state index contributed by atoms with van der Waals surface area (Å²) in [4.78, 5) is 14.1. The van der Waals surface area contributed by atoms with Gasteiger partial charge in [-0.05, 0) is 37.5 Å². The molecule has 1 aromatic rings. The molecule has 4 heteroatoms. The highest BCUT2D eigenvalue weighted by molar-refractivity contribution is 6.35. The van der Waals surface area contributed by atoms with Crippen LogP contribution in [0.4, 0.5) is 5.69 Å². The van der Waals surface area contributed by atoms with Gasteiger partial charge in [-0.25, -0.2) is 0 Å². The topological polar surface area (TPSA) is 44.1 Å². The van der Waals surface area contributed by atoms with Gasteiger partial charge in [-0.1, -0.05) is 17.7 Å². The van der Waals surface area contributed by atoms with E-state index in [9.17, 15) is 4.79 Å². The van der Waals surface area contributed by atoms with Crippen molar-refractivity contribution in [2.75, 3.05) is 11.9 Å². The van der Waals surface area contributed by atoms with Crippen LogP contribution in [0.25, 0.3) is 0 Å². The maximum atomic E-state index is 12.5. The van der Waals surface area contributed by atoms with E-state index in [0.29, 0.717) is 17.9 Å². The van der Waals surface area contributed by atoms with Crippen LogP contribution in [0, 0.1) is 18.3 Å². The zero-order valence-electron chi connectivity index (χ0n) is 10.7. The lowest BCUT2D eigenvalue weighted by Crippen LogP contribution is -2.36. The first kappa shape index (κ1) is 12.9. The van der Waals surface area contributed by atoms with Gasteiger partial charge in [0, 0.05) is 13.5 Å². The van der Waals surface area contributed by atoms with Crippen molar-refractivity contribution in [1.82, 2.24) is 0 Å². The SMILES string of the molecule is Cc1ccc(Cl)c2c1[C@](C)(CCC#N)C(=O)N2C. The number of nitrogens with zero attached hydrogens (tertiary/aromatic N) is 2. The number of hydrogen-bond acceptors (Lipinski definition) is 2. The van der Waals surface area contributed by atoms with Crippen LogP contribution in [-0.4, -0.2) is 13.0 Å². The van der Waals surface area contributed by atoms with Gasteiger partial charge in [0.15, 0.2) is 0 Å². The molecule has 0 aliphatic carbocycles. The smallest absolute Gasteiger partial charge is 0.237 e. The number of rotatable bonds is 2. The molecule has 0 saturated heterocycles. The predicted octanol–water partition coefficient (Wildman–Crippen LogP) is 3.19. The number of carbonyl (C=O) groups excluding carboxylic acids is 1. The molecule has 2 rings (SSSR count). The van der Waals surface area contributed by atoms with E-state index in [2.05, 4.69) is 6.07 Å². The molecule has 1 amide bonds. The fourth-order valence-corrected chi connectivity index (χ4v) is 3.09. The largest absolute Gasteiger partial charge is 0.313 e. The molecule has 0 N–H and O–H groups in total. The molecule has 1 heterocycles. The van der Waals surface area contributed by atoms with E-state index in [-0.39, 0.29) is 5.91 Å². The second kappa shape index (κ2) is 4.29. The van der Waals surface area contributed by atoms with Gasteiger partial charge in [0.2, 0.25) is 5.91 Å². The van der Waals surface area contributed by atoms with E-state index in [4.69, 9.17) is 16.9 Å². The first-order valence-corrected chi connectivity index (χ1v) is 6.26. The second-order valence-corrected chi connectivity index (χ2v) is 5.35. The Bertz CT molecular complexity index is 562. The number of carbonyl (C=O) groups is 1. The summed E-state index contributed by atoms with van der Waals surface area (Å²) in [6.45, 7) is 3.88. The third kappa shape index (κ3) is 1.60. The van der Waals surface area contributed by atoms with E-state index in [1.807, 2.05) is 26.0 Å². The number of nitriles is 1. The number of benzene rings is 1. The first-order valence-electron chi connectivity index (χ1n) is 5.88. The molecule has 0 saturated carbocycles. The highest BCUT2D eigenvalue weighted by Gasteiger charge is 2.47. The molecular formula is C14H15ClN2O. The van der Waals surface area contributed by atoms with Crippen LogP contribution < -0.4 is 4.90 Å². The van der Waals surface area contributed by atoms with Gasteiger partial charge in [0.1, 0.15) is 0 Å². The maximum absolute atomic E-state index is 12.5. The lowest BCUT2D eigenvalue weighted by atomic mass is 9.78. The van der Waals surface area contributed by atoms with Crippen LogP contribution in [0.5, 0.6) is 0 Å². The van der Waals surface area contributed by atoms with Crippen LogP contribution in [0.3, 0.4) is 0 Å². The normalized spacial score (nSPS) is 21.9. The number of likely N-dealkylation sites (N-methyl/N-ethyl adjacent to an activating group) is 1. The van der Waals surface area contributed by atoms with Crippen molar-refractivity contribution in [3.05, 3.63) is 28.3 Å². The summed E-state index contributed by atoms with van der Waals surface area (Å²) in [5.41, 5.74) is 2.18. The minimum Gasteiger partial charge on any atom is -0.313 e. The summed E-state index contributed by atoms with van der Waals surface area (Å²) < 4.78 is 0. The molecule has 1 aliphatic heterocycles. The van der Waals surface area contributed by atoms with E-state index < -0.39 is 5.41 Å². The molecule has 0 fully saturated rings. The van der Waals surface area contributed by atoms with Gasteiger partial charge in [-0.2, -0.15) is 5.26 Å². The molecule has 0 radical (unpaired) electrons. The fraction of sp³-hybridized carbons (Fsp3) is 0.429. The van der Waals surface area contributed by atoms with Crippen molar-refractivity contribution in [3.8, 4) is 6.07 Å². The van der Waals surface area contributed by atoms with E-state index in [1.54, 1.807) is 11.9 Å². The Kier molecular flexibility index (Phi) is 3.08. The van der Waals surface area contributed by atoms with Crippen molar-refractivity contribution < 1.29 is 4.79 Å². The third-order valence-electron chi connectivity index (χ3n) is 3.74. The Labute approximate surface area is 112 Å². The van der Waals surface area contributed by atoms with Crippen molar-refractivity contribution in [3.63, 3.8) is 0 Å². The molecule has 1 aromatic carbocycles. The third-order valence-corrected chi connectivity index (χ3v) is 4.04. The molecule has 0 spiro atoms. The molecule has 0 unspecified atom stereocenters. The van der Waals surface area contributed by atoms with E-state index in [0.717, 1.165) is 16.8 Å². The standard InChI is InChI=1S/C14H15ClN2O/c1-9-5-6-10(15)12-11(9)14(2,7-4-8-16)13(18)17(12)3/h5-6H,4,7H2,1-3H3/t14-/m0/s1. The van der Waals surface area contributed by atoms with Gasteiger partial charge in [0.25, 0.3) is 0 Å². The molecule has 1 atom stereocenters. The Hall–Kier alpha value is -1.53. The summed E-state index contributed by atoms with van der Waals surface area (Å²) in [6, 6.07) is 5.86. The number of anilines is 1. The van der Waals surface area contributed by atoms with Crippen LogP contribution in [0.2, 0.25) is 5.02 Å². The summed E-state index contributed by atoms with van der Waals surface area (Å²) in [7, 11) is 1.74. The van der Waals surface area contributed by atoms with E-state index in [1.165, 1.54) is 0 Å². The first-order chi connectivity index (χ1) is 8.43. The van der Waals surface area contributed by atoms with Crippen LogP contribution in [-0.2, 0) is 10.2 Å². The fourth-order valence-electron chi connectivity index (χ4n) is 2.81. The van der Waals surface area contributed by atoms with Gasteiger partial charge >= 0.3 is 0 Å². The predicted molar refractivity (Wildman–Crippen MR) is 71.8 cm³/mol. The number of aryl methyl sites for hydroxylation is 1. The molecule has 3 nitrogen and oxygen atoms in total. The zero-order valence-corrected chi connectivity index (χ0v) is 11.5. The van der Waals surface area contributed by atoms with Crippen molar-refractivity contribution in [1.29, 1.82) is 5.26 Å². The monoisotopic (exact) mass is 262 g/mol. The van der Waals surface area contributed by atoms with Crippen molar-refractivity contribution >= 4 is 23.2 Å². The average Bonchev–Trinajstić information content (AvgIpc) is 2.55. The summed E-state index contributed by atoms with van der Waals surface area (Å²) >= 11 is 6.20. The molecule has 18 heavy (non-hydrogen) atoms. The number of amides is 1. The Balaban J connectivity index is 2.65. The lowest BCUT2D eigenvalue weighted by Gasteiger charge is -2.23. The van der Waals surface area contributed by atoms with Crippen LogP contribution in [0.15, 0.2) is 12.1 Å². The molecule has 0 bridgehead atoms. The number of halogens is 1. The van der Waals surface area contributed by atoms with Crippen LogP contribution >= 0.6 is 11.6 Å². The Morgan fingerprint density at radius 2 is 2.17 bits per heavy atom. The highest BCUT2D eigenvalue weighted by atomic mass is 35.5. The van der Waals surface area contributed by atoms with Crippen molar-refractivity contribution in [2.24, 2.45) is 0 Å². The van der Waals surface area contributed by atoms with Gasteiger partial charge in [-0.3, -0.25) is 4.79 Å². The maximum Gasteiger partial charge on any atom is 0.237 e.